The van der Waals surface area contributed by atoms with Gasteiger partial charge in [0.15, 0.2) is 0 Å². The maximum atomic E-state index is 12.5. The summed E-state index contributed by atoms with van der Waals surface area (Å²) in [5.74, 6) is -0.833. The molecule has 1 saturated heterocycles. The number of nitrogens with one attached hydrogen (secondary N) is 1. The summed E-state index contributed by atoms with van der Waals surface area (Å²) in [4.78, 5) is 27.3. The molecule has 1 heterocycles. The van der Waals surface area contributed by atoms with Crippen LogP contribution in [0.4, 0.5) is 5.69 Å². The van der Waals surface area contributed by atoms with E-state index in [9.17, 15) is 9.59 Å². The van der Waals surface area contributed by atoms with Gasteiger partial charge in [0.25, 0.3) is 0 Å². The predicted molar refractivity (Wildman–Crippen MR) is 97.1 cm³/mol. The zero-order chi connectivity index (χ0) is 17.7. The van der Waals surface area contributed by atoms with Crippen LogP contribution in [0, 0.1) is 0 Å². The van der Waals surface area contributed by atoms with Crippen molar-refractivity contribution >= 4 is 33.5 Å². The van der Waals surface area contributed by atoms with Gasteiger partial charge in [0.05, 0.1) is 18.3 Å². The van der Waals surface area contributed by atoms with Gasteiger partial charge in [-0.1, -0.05) is 12.1 Å². The monoisotopic (exact) mass is 397 g/mol. The molecule has 2 rings (SSSR count). The van der Waals surface area contributed by atoms with Gasteiger partial charge in [0, 0.05) is 23.6 Å². The van der Waals surface area contributed by atoms with Crippen LogP contribution < -0.4 is 5.32 Å². The van der Waals surface area contributed by atoms with Gasteiger partial charge in [-0.25, -0.2) is 0 Å². The summed E-state index contributed by atoms with van der Waals surface area (Å²) in [6.07, 6.45) is 1.74. The van der Waals surface area contributed by atoms with E-state index >= 15 is 0 Å². The molecule has 24 heavy (non-hydrogen) atoms. The standard InChI is InChI=1S/C17H24BrN3O3/c1-12(17(24)19-15-6-4-3-5-14(15)18)21-9-7-13(8-10-21)20(2)11-16(22)23/h3-6,12-13H,7-11H2,1-2H3,(H,19,24)(H,22,23). The Balaban J connectivity index is 1.86. The molecule has 1 aliphatic heterocycles. The van der Waals surface area contributed by atoms with Crippen molar-refractivity contribution in [1.82, 2.24) is 9.80 Å². The van der Waals surface area contributed by atoms with E-state index in [1.807, 2.05) is 43.1 Å². The number of amides is 1. The number of halogens is 1. The van der Waals surface area contributed by atoms with Gasteiger partial charge in [-0.3, -0.25) is 19.4 Å². The summed E-state index contributed by atoms with van der Waals surface area (Å²) in [5, 5.41) is 11.8. The number of carboxylic acids is 1. The molecule has 1 fully saturated rings. The van der Waals surface area contributed by atoms with Crippen LogP contribution in [0.15, 0.2) is 28.7 Å². The number of hydrogen-bond acceptors (Lipinski definition) is 4. The molecule has 7 heteroatoms. The Morgan fingerprint density at radius 3 is 2.58 bits per heavy atom. The Kier molecular flexibility index (Phi) is 6.77. The molecule has 0 aromatic heterocycles. The highest BCUT2D eigenvalue weighted by atomic mass is 79.9. The molecule has 0 bridgehead atoms. The predicted octanol–water partition coefficient (Wildman–Crippen LogP) is 2.26. The van der Waals surface area contributed by atoms with Gasteiger partial charge >= 0.3 is 5.97 Å². The first-order valence-electron chi connectivity index (χ1n) is 8.10. The summed E-state index contributed by atoms with van der Waals surface area (Å²) >= 11 is 3.43. The summed E-state index contributed by atoms with van der Waals surface area (Å²) in [6.45, 7) is 3.55. The van der Waals surface area contributed by atoms with E-state index in [1.165, 1.54) is 0 Å². The minimum absolute atomic E-state index is 0.0285. The number of likely N-dealkylation sites (tertiary alicyclic amines) is 1. The lowest BCUT2D eigenvalue weighted by atomic mass is 10.0. The number of carbonyl (C=O) groups is 2. The van der Waals surface area contributed by atoms with Crippen LogP contribution in [-0.4, -0.2) is 65.5 Å². The molecular weight excluding hydrogens is 374 g/mol. The van der Waals surface area contributed by atoms with Crippen molar-refractivity contribution in [3.05, 3.63) is 28.7 Å². The van der Waals surface area contributed by atoms with Gasteiger partial charge < -0.3 is 10.4 Å². The van der Waals surface area contributed by atoms with E-state index in [2.05, 4.69) is 26.1 Å². The number of para-hydroxylation sites is 1. The van der Waals surface area contributed by atoms with E-state index < -0.39 is 5.97 Å². The van der Waals surface area contributed by atoms with Gasteiger partial charge in [-0.15, -0.1) is 0 Å². The molecule has 1 aliphatic rings. The third-order valence-electron chi connectivity index (χ3n) is 4.57. The minimum atomic E-state index is -0.805. The molecule has 0 saturated carbocycles. The number of rotatable bonds is 6. The number of piperidine rings is 1. The van der Waals surface area contributed by atoms with Crippen LogP contribution in [-0.2, 0) is 9.59 Å². The van der Waals surface area contributed by atoms with Crippen molar-refractivity contribution in [3.8, 4) is 0 Å². The third kappa shape index (κ3) is 5.03. The lowest BCUT2D eigenvalue weighted by Crippen LogP contribution is -2.50. The SMILES string of the molecule is CC(C(=O)Nc1ccccc1Br)N1CCC(N(C)CC(=O)O)CC1. The molecule has 132 valence electrons. The number of benzene rings is 1. The van der Waals surface area contributed by atoms with E-state index in [1.54, 1.807) is 0 Å². The maximum Gasteiger partial charge on any atom is 0.317 e. The van der Waals surface area contributed by atoms with Crippen molar-refractivity contribution in [2.75, 3.05) is 32.0 Å². The number of carbonyl (C=O) groups excluding carboxylic acids is 1. The smallest absolute Gasteiger partial charge is 0.317 e. The van der Waals surface area contributed by atoms with E-state index in [4.69, 9.17) is 5.11 Å². The van der Waals surface area contributed by atoms with Crippen LogP contribution in [0.5, 0.6) is 0 Å². The lowest BCUT2D eigenvalue weighted by Gasteiger charge is -2.38. The summed E-state index contributed by atoms with van der Waals surface area (Å²) in [7, 11) is 1.84. The fourth-order valence-corrected chi connectivity index (χ4v) is 3.41. The Morgan fingerprint density at radius 2 is 2.00 bits per heavy atom. The van der Waals surface area contributed by atoms with E-state index in [-0.39, 0.29) is 24.5 Å². The highest BCUT2D eigenvalue weighted by Crippen LogP contribution is 2.22. The average Bonchev–Trinajstić information content (AvgIpc) is 2.55. The fraction of sp³-hybridized carbons (Fsp3) is 0.529. The number of carboxylic acid groups (broad SMARTS) is 1. The molecule has 1 atom stereocenters. The Bertz CT molecular complexity index is 588. The second kappa shape index (κ2) is 8.60. The highest BCUT2D eigenvalue weighted by Gasteiger charge is 2.28. The first kappa shape index (κ1) is 18.9. The van der Waals surface area contributed by atoms with Crippen LogP contribution in [0.2, 0.25) is 0 Å². The molecule has 0 spiro atoms. The topological polar surface area (TPSA) is 72.9 Å². The first-order chi connectivity index (χ1) is 11.4. The second-order valence-corrected chi connectivity index (χ2v) is 7.08. The van der Waals surface area contributed by atoms with Crippen LogP contribution in [0.25, 0.3) is 0 Å². The van der Waals surface area contributed by atoms with E-state index in [0.29, 0.717) is 0 Å². The normalized spacial score (nSPS) is 17.7. The Labute approximate surface area is 150 Å². The summed E-state index contributed by atoms with van der Waals surface area (Å²) in [5.41, 5.74) is 0.769. The molecule has 6 nitrogen and oxygen atoms in total. The fourth-order valence-electron chi connectivity index (χ4n) is 3.02. The molecule has 2 N–H and O–H groups in total. The third-order valence-corrected chi connectivity index (χ3v) is 5.26. The van der Waals surface area contributed by atoms with Gasteiger partial charge in [-0.2, -0.15) is 0 Å². The zero-order valence-electron chi connectivity index (χ0n) is 14.0. The van der Waals surface area contributed by atoms with Crippen molar-refractivity contribution < 1.29 is 14.7 Å². The van der Waals surface area contributed by atoms with Gasteiger partial charge in [0.1, 0.15) is 0 Å². The van der Waals surface area contributed by atoms with Crippen molar-refractivity contribution in [3.63, 3.8) is 0 Å². The molecule has 1 amide bonds. The van der Waals surface area contributed by atoms with Crippen LogP contribution in [0.1, 0.15) is 19.8 Å². The Hall–Kier alpha value is -1.44. The minimum Gasteiger partial charge on any atom is -0.480 e. The number of aliphatic carboxylic acids is 1. The number of likely N-dealkylation sites (N-methyl/N-ethyl adjacent to an activating group) is 1. The molecule has 1 aromatic rings. The summed E-state index contributed by atoms with van der Waals surface area (Å²) in [6, 6.07) is 7.58. The zero-order valence-corrected chi connectivity index (χ0v) is 15.6. The van der Waals surface area contributed by atoms with Crippen molar-refractivity contribution in [2.45, 2.75) is 31.8 Å². The molecular formula is C17H24BrN3O3. The first-order valence-corrected chi connectivity index (χ1v) is 8.89. The second-order valence-electron chi connectivity index (χ2n) is 6.22. The number of hydrogen-bond donors (Lipinski definition) is 2. The van der Waals surface area contributed by atoms with Gasteiger partial charge in [0.2, 0.25) is 5.91 Å². The van der Waals surface area contributed by atoms with Gasteiger partial charge in [-0.05, 0) is 54.9 Å². The quantitative estimate of drug-likeness (QED) is 0.769. The molecule has 0 radical (unpaired) electrons. The van der Waals surface area contributed by atoms with Crippen molar-refractivity contribution in [1.29, 1.82) is 0 Å². The Morgan fingerprint density at radius 1 is 1.38 bits per heavy atom. The van der Waals surface area contributed by atoms with Crippen LogP contribution in [0.3, 0.4) is 0 Å². The number of anilines is 1. The highest BCUT2D eigenvalue weighted by molar-refractivity contribution is 9.10. The maximum absolute atomic E-state index is 12.5. The molecule has 1 aromatic carbocycles. The van der Waals surface area contributed by atoms with Crippen LogP contribution >= 0.6 is 15.9 Å². The van der Waals surface area contributed by atoms with E-state index in [0.717, 1.165) is 36.1 Å². The number of nitrogens with zero attached hydrogens (tertiary/aromatic N) is 2. The van der Waals surface area contributed by atoms with Crippen molar-refractivity contribution in [2.24, 2.45) is 0 Å². The largest absolute Gasteiger partial charge is 0.480 e. The molecule has 1 unspecified atom stereocenters. The average molecular weight is 398 g/mol. The molecule has 0 aliphatic carbocycles. The lowest BCUT2D eigenvalue weighted by molar-refractivity contribution is -0.138. The summed E-state index contributed by atoms with van der Waals surface area (Å²) < 4.78 is 0.861.